The van der Waals surface area contributed by atoms with Gasteiger partial charge in [-0.3, -0.25) is 18.9 Å². The van der Waals surface area contributed by atoms with Gasteiger partial charge in [0.15, 0.2) is 17.4 Å². The summed E-state index contributed by atoms with van der Waals surface area (Å²) in [6.07, 6.45) is 0.485. The van der Waals surface area contributed by atoms with Crippen molar-refractivity contribution in [3.8, 4) is 12.3 Å². The monoisotopic (exact) mass is 469 g/mol. The fourth-order valence-corrected chi connectivity index (χ4v) is 4.35. The number of fused-ring (bicyclic) bond motifs is 1. The van der Waals surface area contributed by atoms with Crippen molar-refractivity contribution < 1.29 is 46.9 Å². The van der Waals surface area contributed by atoms with Crippen LogP contribution in [0.5, 0.6) is 0 Å². The lowest BCUT2D eigenvalue weighted by Gasteiger charge is -2.23. The van der Waals surface area contributed by atoms with Crippen LogP contribution in [0.3, 0.4) is 0 Å². The summed E-state index contributed by atoms with van der Waals surface area (Å²) < 4.78 is 51.7. The Bertz CT molecular complexity index is 1170. The van der Waals surface area contributed by atoms with Gasteiger partial charge in [0, 0.05) is 0 Å². The molecule has 0 amide bonds. The molecule has 18 heteroatoms. The third-order valence-electron chi connectivity index (χ3n) is 3.98. The van der Waals surface area contributed by atoms with Crippen molar-refractivity contribution in [1.29, 1.82) is 0 Å². The third kappa shape index (κ3) is 4.16. The van der Waals surface area contributed by atoms with E-state index in [9.17, 15) is 23.9 Å². The number of nitrogens with one attached hydrogen (secondary N) is 1. The minimum atomic E-state index is -5.40. The molecule has 15 nitrogen and oxygen atoms in total. The zero-order valence-electron chi connectivity index (χ0n) is 14.5. The average molecular weight is 469 g/mol. The zero-order valence-corrected chi connectivity index (χ0v) is 16.3. The number of hydrogen-bond donors (Lipinski definition) is 6. The SMILES string of the molecule is C#C[C@@]1(F)[C@H](O)[C@@H](COP(=O)(O)OP(=O)(O)O)O[C@H]1n1cnc2c(=O)[nH]c(N)nc21. The Balaban J connectivity index is 1.91. The first-order valence-electron chi connectivity index (χ1n) is 7.74. The molecule has 1 unspecified atom stereocenters. The lowest BCUT2D eigenvalue weighted by molar-refractivity contribution is -0.0496. The van der Waals surface area contributed by atoms with Crippen molar-refractivity contribution in [3.05, 3.63) is 16.7 Å². The van der Waals surface area contributed by atoms with Crippen molar-refractivity contribution in [2.24, 2.45) is 0 Å². The number of ether oxygens (including phenoxy) is 1. The molecule has 2 aromatic heterocycles. The first-order chi connectivity index (χ1) is 13.8. The average Bonchev–Trinajstić information content (AvgIpc) is 3.12. The number of phosphoric acid groups is 2. The van der Waals surface area contributed by atoms with E-state index in [4.69, 9.17) is 26.7 Å². The zero-order chi connectivity index (χ0) is 22.5. The standard InChI is InChI=1S/C12H14FN5O10P2/c1-2-12(13)7(19)5(3-26-30(24,25)28-29(21,22)23)27-10(12)18-4-15-6-8(18)16-11(14)17-9(6)20/h1,4-5,7,10,19H,3H2,(H,24,25)(H2,21,22,23)(H3,14,16,17,20)/t5-,7-,10-,12-/m1/s1. The number of aliphatic hydroxyl groups excluding tert-OH is 1. The number of imidazole rings is 1. The van der Waals surface area contributed by atoms with E-state index in [1.54, 1.807) is 5.92 Å². The van der Waals surface area contributed by atoms with Crippen LogP contribution in [0.2, 0.25) is 0 Å². The van der Waals surface area contributed by atoms with Crippen LogP contribution in [-0.2, 0) is 22.7 Å². The van der Waals surface area contributed by atoms with E-state index < -0.39 is 51.9 Å². The van der Waals surface area contributed by atoms with E-state index in [2.05, 4.69) is 23.8 Å². The number of nitrogens with two attached hydrogens (primary N) is 1. The largest absolute Gasteiger partial charge is 0.481 e. The van der Waals surface area contributed by atoms with Crippen molar-refractivity contribution >= 4 is 32.8 Å². The Morgan fingerprint density at radius 1 is 1.47 bits per heavy atom. The number of phosphoric ester groups is 1. The Morgan fingerprint density at radius 2 is 2.13 bits per heavy atom. The predicted molar refractivity (Wildman–Crippen MR) is 94.1 cm³/mol. The second-order valence-corrected chi connectivity index (χ2v) is 8.83. The van der Waals surface area contributed by atoms with Crippen LogP contribution in [0, 0.1) is 12.3 Å². The van der Waals surface area contributed by atoms with Crippen molar-refractivity contribution in [2.75, 3.05) is 12.3 Å². The number of rotatable bonds is 6. The van der Waals surface area contributed by atoms with E-state index in [0.717, 1.165) is 10.9 Å². The molecule has 0 aromatic carbocycles. The van der Waals surface area contributed by atoms with E-state index in [-0.39, 0.29) is 17.1 Å². The Labute approximate surface area is 165 Å². The highest BCUT2D eigenvalue weighted by molar-refractivity contribution is 7.60. The number of halogens is 1. The molecule has 30 heavy (non-hydrogen) atoms. The molecule has 1 fully saturated rings. The first kappa shape index (κ1) is 22.5. The van der Waals surface area contributed by atoms with Gasteiger partial charge in [-0.2, -0.15) is 9.29 Å². The van der Waals surface area contributed by atoms with Gasteiger partial charge >= 0.3 is 15.6 Å². The molecule has 0 saturated carbocycles. The second kappa shape index (κ2) is 7.50. The molecule has 3 heterocycles. The molecule has 0 bridgehead atoms. The van der Waals surface area contributed by atoms with Gasteiger partial charge in [-0.1, -0.05) is 5.92 Å². The highest BCUT2D eigenvalue weighted by Crippen LogP contribution is 2.58. The highest BCUT2D eigenvalue weighted by atomic mass is 31.3. The molecule has 1 aliphatic rings. The number of terminal acetylenes is 1. The number of H-pyrrole nitrogens is 1. The lowest BCUT2D eigenvalue weighted by atomic mass is 9.97. The molecule has 5 atom stereocenters. The molecule has 164 valence electrons. The van der Waals surface area contributed by atoms with Crippen molar-refractivity contribution in [3.63, 3.8) is 0 Å². The summed E-state index contributed by atoms with van der Waals surface area (Å²) >= 11 is 0. The fourth-order valence-electron chi connectivity index (χ4n) is 2.75. The molecule has 0 aliphatic carbocycles. The summed E-state index contributed by atoms with van der Waals surface area (Å²) in [6, 6.07) is 0. The number of nitrogen functional groups attached to an aromatic ring is 1. The smallest absolute Gasteiger partial charge is 0.386 e. The van der Waals surface area contributed by atoms with Gasteiger partial charge in [-0.15, -0.1) is 6.42 Å². The van der Waals surface area contributed by atoms with Crippen LogP contribution in [-0.4, -0.2) is 63.8 Å². The number of hydrogen-bond acceptors (Lipinski definition) is 10. The van der Waals surface area contributed by atoms with Gasteiger partial charge in [0.1, 0.15) is 12.2 Å². The molecule has 0 spiro atoms. The number of aliphatic hydroxyl groups is 1. The molecule has 0 radical (unpaired) electrons. The van der Waals surface area contributed by atoms with E-state index in [1.807, 2.05) is 0 Å². The summed E-state index contributed by atoms with van der Waals surface area (Å²) in [7, 11) is -10.7. The highest BCUT2D eigenvalue weighted by Gasteiger charge is 2.58. The lowest BCUT2D eigenvalue weighted by Crippen LogP contribution is -2.42. The van der Waals surface area contributed by atoms with Crippen LogP contribution in [0.4, 0.5) is 10.3 Å². The summed E-state index contributed by atoms with van der Waals surface area (Å²) in [5.41, 5.74) is 1.30. The molecule has 7 N–H and O–H groups in total. The Hall–Kier alpha value is -2.18. The summed E-state index contributed by atoms with van der Waals surface area (Å²) in [4.78, 5) is 48.1. The molecule has 1 saturated heterocycles. The second-order valence-electron chi connectivity index (χ2n) is 6.00. The van der Waals surface area contributed by atoms with Gasteiger partial charge < -0.3 is 30.3 Å². The molecule has 2 aromatic rings. The van der Waals surface area contributed by atoms with E-state index in [0.29, 0.717) is 0 Å². The number of alkyl halides is 1. The number of anilines is 1. The summed E-state index contributed by atoms with van der Waals surface area (Å²) in [6.45, 7) is -1.05. The topological polar surface area (TPSA) is 232 Å². The van der Waals surface area contributed by atoms with Crippen molar-refractivity contribution in [2.45, 2.75) is 24.1 Å². The minimum Gasteiger partial charge on any atom is -0.386 e. The van der Waals surface area contributed by atoms with Crippen LogP contribution >= 0.6 is 15.6 Å². The van der Waals surface area contributed by atoms with Gasteiger partial charge in [0.25, 0.3) is 5.56 Å². The maximum absolute atomic E-state index is 15.4. The van der Waals surface area contributed by atoms with Crippen LogP contribution in [0.25, 0.3) is 11.2 Å². The van der Waals surface area contributed by atoms with Crippen LogP contribution < -0.4 is 11.3 Å². The van der Waals surface area contributed by atoms with E-state index >= 15 is 4.39 Å². The number of aromatic amines is 1. The molecule has 1 aliphatic heterocycles. The van der Waals surface area contributed by atoms with Crippen molar-refractivity contribution in [1.82, 2.24) is 19.5 Å². The van der Waals surface area contributed by atoms with Crippen LogP contribution in [0.1, 0.15) is 6.23 Å². The van der Waals surface area contributed by atoms with Gasteiger partial charge in [-0.25, -0.2) is 18.5 Å². The molecule has 3 rings (SSSR count). The quantitative estimate of drug-likeness (QED) is 0.210. The number of nitrogens with zero attached hydrogens (tertiary/aromatic N) is 3. The van der Waals surface area contributed by atoms with E-state index in [1.165, 1.54) is 0 Å². The summed E-state index contributed by atoms with van der Waals surface area (Å²) in [5.74, 6) is 1.38. The summed E-state index contributed by atoms with van der Waals surface area (Å²) in [5, 5.41) is 10.3. The maximum Gasteiger partial charge on any atom is 0.481 e. The van der Waals surface area contributed by atoms with Gasteiger partial charge in [0.05, 0.1) is 12.9 Å². The normalized spacial score (nSPS) is 29.0. The Kier molecular flexibility index (Phi) is 5.63. The van der Waals surface area contributed by atoms with Gasteiger partial charge in [0.2, 0.25) is 11.6 Å². The fraction of sp³-hybridized carbons (Fsp3) is 0.417. The predicted octanol–water partition coefficient (Wildman–Crippen LogP) is -1.47. The molecular formula is C12H14FN5O10P2. The first-order valence-corrected chi connectivity index (χ1v) is 10.8. The van der Waals surface area contributed by atoms with Crippen LogP contribution in [0.15, 0.2) is 11.1 Å². The minimum absolute atomic E-state index is 0.232. The Morgan fingerprint density at radius 3 is 2.73 bits per heavy atom. The third-order valence-corrected chi connectivity index (χ3v) is 6.13. The molecular weight excluding hydrogens is 455 g/mol. The van der Waals surface area contributed by atoms with Gasteiger partial charge in [-0.05, 0) is 0 Å². The number of aromatic nitrogens is 4. The maximum atomic E-state index is 15.4.